The molecule has 0 radical (unpaired) electrons. The second kappa shape index (κ2) is 6.22. The molecular weight excluding hydrogens is 218 g/mol. The SMILES string of the molecule is Cl.c1cnc(SCC2CCNC2)cn1. The van der Waals surface area contributed by atoms with Gasteiger partial charge in [0.15, 0.2) is 0 Å². The van der Waals surface area contributed by atoms with E-state index in [0.717, 1.165) is 23.2 Å². The Labute approximate surface area is 94.5 Å². The van der Waals surface area contributed by atoms with Gasteiger partial charge in [-0.15, -0.1) is 24.2 Å². The molecule has 1 atom stereocenters. The van der Waals surface area contributed by atoms with Gasteiger partial charge in [0.1, 0.15) is 5.03 Å². The van der Waals surface area contributed by atoms with Gasteiger partial charge in [-0.1, -0.05) is 0 Å². The average molecular weight is 232 g/mol. The summed E-state index contributed by atoms with van der Waals surface area (Å²) >= 11 is 1.80. The number of rotatable bonds is 3. The monoisotopic (exact) mass is 231 g/mol. The van der Waals surface area contributed by atoms with E-state index in [2.05, 4.69) is 15.3 Å². The molecule has 1 aliphatic rings. The maximum atomic E-state index is 4.22. The number of hydrogen-bond donors (Lipinski definition) is 1. The molecule has 0 bridgehead atoms. The Morgan fingerprint density at radius 2 is 2.43 bits per heavy atom. The zero-order valence-electron chi connectivity index (χ0n) is 7.85. The fourth-order valence-electron chi connectivity index (χ4n) is 1.42. The molecule has 1 aromatic heterocycles. The number of halogens is 1. The Balaban J connectivity index is 0.000000980. The topological polar surface area (TPSA) is 37.8 Å². The summed E-state index contributed by atoms with van der Waals surface area (Å²) in [7, 11) is 0. The molecule has 0 aromatic carbocycles. The van der Waals surface area contributed by atoms with Crippen molar-refractivity contribution in [3.8, 4) is 0 Å². The maximum absolute atomic E-state index is 4.22. The first-order valence-electron chi connectivity index (χ1n) is 4.54. The molecule has 1 N–H and O–H groups in total. The first-order chi connectivity index (χ1) is 6.45. The van der Waals surface area contributed by atoms with Crippen LogP contribution in [0.3, 0.4) is 0 Å². The van der Waals surface area contributed by atoms with Crippen molar-refractivity contribution in [1.29, 1.82) is 0 Å². The first kappa shape index (κ1) is 11.8. The Bertz CT molecular complexity index is 251. The third kappa shape index (κ3) is 3.44. The molecule has 3 nitrogen and oxygen atoms in total. The summed E-state index contributed by atoms with van der Waals surface area (Å²) in [4.78, 5) is 8.25. The van der Waals surface area contributed by atoms with Crippen LogP contribution in [0.25, 0.3) is 0 Å². The number of thioether (sulfide) groups is 1. The van der Waals surface area contributed by atoms with Crippen LogP contribution in [-0.2, 0) is 0 Å². The molecule has 1 fully saturated rings. The van der Waals surface area contributed by atoms with E-state index in [1.807, 2.05) is 6.20 Å². The lowest BCUT2D eigenvalue weighted by Gasteiger charge is -2.05. The molecule has 1 aliphatic heterocycles. The van der Waals surface area contributed by atoms with E-state index in [4.69, 9.17) is 0 Å². The highest BCUT2D eigenvalue weighted by atomic mass is 35.5. The Hall–Kier alpha value is -0.320. The van der Waals surface area contributed by atoms with E-state index in [9.17, 15) is 0 Å². The maximum Gasteiger partial charge on any atom is 0.114 e. The summed E-state index contributed by atoms with van der Waals surface area (Å²) < 4.78 is 0. The van der Waals surface area contributed by atoms with E-state index in [-0.39, 0.29) is 12.4 Å². The molecule has 1 aromatic rings. The number of nitrogens with one attached hydrogen (secondary N) is 1. The minimum Gasteiger partial charge on any atom is -0.316 e. The van der Waals surface area contributed by atoms with Crippen LogP contribution >= 0.6 is 24.2 Å². The summed E-state index contributed by atoms with van der Waals surface area (Å²) in [6.45, 7) is 2.33. The Kier molecular flexibility index (Phi) is 5.22. The van der Waals surface area contributed by atoms with E-state index >= 15 is 0 Å². The van der Waals surface area contributed by atoms with Crippen molar-refractivity contribution in [1.82, 2.24) is 15.3 Å². The van der Waals surface area contributed by atoms with Crippen LogP contribution in [-0.4, -0.2) is 28.8 Å². The summed E-state index contributed by atoms with van der Waals surface area (Å²) in [6.07, 6.45) is 6.58. The molecule has 1 saturated heterocycles. The van der Waals surface area contributed by atoms with Gasteiger partial charge in [-0.2, -0.15) is 0 Å². The van der Waals surface area contributed by atoms with Crippen molar-refractivity contribution in [3.63, 3.8) is 0 Å². The molecule has 0 spiro atoms. The third-order valence-corrected chi connectivity index (χ3v) is 3.31. The first-order valence-corrected chi connectivity index (χ1v) is 5.53. The van der Waals surface area contributed by atoms with Crippen LogP contribution in [0.2, 0.25) is 0 Å². The quantitative estimate of drug-likeness (QED) is 0.802. The Morgan fingerprint density at radius 3 is 3.07 bits per heavy atom. The fourth-order valence-corrected chi connectivity index (χ4v) is 2.38. The third-order valence-electron chi connectivity index (χ3n) is 2.17. The van der Waals surface area contributed by atoms with Crippen molar-refractivity contribution in [2.75, 3.05) is 18.8 Å². The lowest BCUT2D eigenvalue weighted by atomic mass is 10.2. The number of hydrogen-bond acceptors (Lipinski definition) is 4. The molecule has 5 heteroatoms. The molecule has 0 saturated carbocycles. The van der Waals surface area contributed by atoms with Crippen LogP contribution < -0.4 is 5.32 Å². The summed E-state index contributed by atoms with van der Waals surface area (Å²) in [5.74, 6) is 1.97. The largest absolute Gasteiger partial charge is 0.316 e. The van der Waals surface area contributed by atoms with Crippen LogP contribution in [0, 0.1) is 5.92 Å². The van der Waals surface area contributed by atoms with Crippen molar-refractivity contribution < 1.29 is 0 Å². The van der Waals surface area contributed by atoms with Crippen LogP contribution in [0.15, 0.2) is 23.6 Å². The van der Waals surface area contributed by atoms with Gasteiger partial charge >= 0.3 is 0 Å². The lowest BCUT2D eigenvalue weighted by Crippen LogP contribution is -2.10. The van der Waals surface area contributed by atoms with Crippen molar-refractivity contribution >= 4 is 24.2 Å². The molecule has 0 amide bonds. The highest BCUT2D eigenvalue weighted by Crippen LogP contribution is 2.20. The zero-order valence-corrected chi connectivity index (χ0v) is 9.48. The molecular formula is C9H14ClN3S. The van der Waals surface area contributed by atoms with Crippen LogP contribution in [0.4, 0.5) is 0 Å². The number of nitrogens with zero attached hydrogens (tertiary/aromatic N) is 2. The summed E-state index contributed by atoms with van der Waals surface area (Å²) in [5, 5.41) is 4.40. The van der Waals surface area contributed by atoms with Crippen molar-refractivity contribution in [3.05, 3.63) is 18.6 Å². The second-order valence-corrected chi connectivity index (χ2v) is 4.25. The smallest absolute Gasteiger partial charge is 0.114 e. The molecule has 14 heavy (non-hydrogen) atoms. The van der Waals surface area contributed by atoms with E-state index < -0.39 is 0 Å². The normalized spacial score (nSPS) is 20.4. The minimum atomic E-state index is 0. The van der Waals surface area contributed by atoms with Gasteiger partial charge in [0.2, 0.25) is 0 Å². The van der Waals surface area contributed by atoms with Crippen molar-refractivity contribution in [2.45, 2.75) is 11.4 Å². The van der Waals surface area contributed by atoms with Gasteiger partial charge in [0, 0.05) is 18.1 Å². The molecule has 0 aliphatic carbocycles. The number of aromatic nitrogens is 2. The van der Waals surface area contributed by atoms with Gasteiger partial charge in [-0.25, -0.2) is 4.98 Å². The summed E-state index contributed by atoms with van der Waals surface area (Å²) in [5.41, 5.74) is 0. The van der Waals surface area contributed by atoms with Gasteiger partial charge in [-0.05, 0) is 25.4 Å². The van der Waals surface area contributed by atoms with Gasteiger partial charge in [0.25, 0.3) is 0 Å². The predicted octanol–water partition coefficient (Wildman–Crippen LogP) is 1.60. The molecule has 2 heterocycles. The van der Waals surface area contributed by atoms with Gasteiger partial charge in [0.05, 0.1) is 6.20 Å². The predicted molar refractivity (Wildman–Crippen MR) is 61.0 cm³/mol. The highest BCUT2D eigenvalue weighted by Gasteiger charge is 2.14. The van der Waals surface area contributed by atoms with Gasteiger partial charge < -0.3 is 5.32 Å². The molecule has 78 valence electrons. The zero-order chi connectivity index (χ0) is 8.93. The second-order valence-electron chi connectivity index (χ2n) is 3.21. The lowest BCUT2D eigenvalue weighted by molar-refractivity contribution is 0.662. The van der Waals surface area contributed by atoms with E-state index in [1.54, 1.807) is 24.2 Å². The van der Waals surface area contributed by atoms with Crippen LogP contribution in [0.1, 0.15) is 6.42 Å². The summed E-state index contributed by atoms with van der Waals surface area (Å²) in [6, 6.07) is 0. The Morgan fingerprint density at radius 1 is 1.50 bits per heavy atom. The van der Waals surface area contributed by atoms with Crippen LogP contribution in [0.5, 0.6) is 0 Å². The molecule has 2 rings (SSSR count). The standard InChI is InChI=1S/C9H13N3S.ClH/c1-2-10-5-8(1)7-13-9-6-11-3-4-12-9;/h3-4,6,8,10H,1-2,5,7H2;1H. The van der Waals surface area contributed by atoms with Crippen molar-refractivity contribution in [2.24, 2.45) is 5.92 Å². The molecule has 1 unspecified atom stereocenters. The average Bonchev–Trinajstić information content (AvgIpc) is 2.69. The van der Waals surface area contributed by atoms with E-state index in [1.165, 1.54) is 13.0 Å². The van der Waals surface area contributed by atoms with E-state index in [0.29, 0.717) is 0 Å². The fraction of sp³-hybridized carbons (Fsp3) is 0.556. The highest BCUT2D eigenvalue weighted by molar-refractivity contribution is 7.99. The van der Waals surface area contributed by atoms with Gasteiger partial charge in [-0.3, -0.25) is 4.98 Å². The minimum absolute atomic E-state index is 0.